The predicted molar refractivity (Wildman–Crippen MR) is 89.6 cm³/mol. The average Bonchev–Trinajstić information content (AvgIpc) is 3.21. The number of carbonyl (C=O) groups excluding carboxylic acids is 1. The van der Waals surface area contributed by atoms with E-state index in [-0.39, 0.29) is 5.91 Å². The molecule has 1 aliphatic carbocycles. The van der Waals surface area contributed by atoms with Gasteiger partial charge in [0.2, 0.25) is 0 Å². The first-order chi connectivity index (χ1) is 11.7. The molecule has 126 valence electrons. The van der Waals surface area contributed by atoms with Crippen molar-refractivity contribution in [3.63, 3.8) is 0 Å². The van der Waals surface area contributed by atoms with Gasteiger partial charge in [-0.05, 0) is 31.9 Å². The number of hydrogen-bond donors (Lipinski definition) is 0. The van der Waals surface area contributed by atoms with Crippen LogP contribution in [0, 0.1) is 12.8 Å². The van der Waals surface area contributed by atoms with E-state index in [2.05, 4.69) is 19.7 Å². The fourth-order valence-electron chi connectivity index (χ4n) is 3.80. The standard InChI is InChI=1S/C18H23N5O/c1-13-6-7-15(9-19-13)18(24)22-10-14(11-22)8-17-21-20-12-23(17)16-4-2-3-5-16/h6-7,9,12,14,16H,2-5,8,10-11H2,1H3. The Morgan fingerprint density at radius 3 is 2.75 bits per heavy atom. The first-order valence-electron chi connectivity index (χ1n) is 8.81. The Labute approximate surface area is 141 Å². The van der Waals surface area contributed by atoms with Crippen LogP contribution < -0.4 is 0 Å². The lowest BCUT2D eigenvalue weighted by Gasteiger charge is -2.39. The second-order valence-corrected chi connectivity index (χ2v) is 7.06. The summed E-state index contributed by atoms with van der Waals surface area (Å²) in [4.78, 5) is 18.5. The van der Waals surface area contributed by atoms with Gasteiger partial charge in [0.05, 0.1) is 5.56 Å². The lowest BCUT2D eigenvalue weighted by molar-refractivity contribution is 0.0495. The third kappa shape index (κ3) is 2.92. The summed E-state index contributed by atoms with van der Waals surface area (Å²) in [6, 6.07) is 4.31. The number of likely N-dealkylation sites (tertiary alicyclic amines) is 1. The fourth-order valence-corrected chi connectivity index (χ4v) is 3.80. The minimum Gasteiger partial charge on any atom is -0.338 e. The van der Waals surface area contributed by atoms with E-state index in [0.717, 1.165) is 31.0 Å². The van der Waals surface area contributed by atoms with Crippen molar-refractivity contribution in [2.75, 3.05) is 13.1 Å². The van der Waals surface area contributed by atoms with Crippen LogP contribution in [0.5, 0.6) is 0 Å². The maximum atomic E-state index is 12.4. The van der Waals surface area contributed by atoms with Gasteiger partial charge in [0.25, 0.3) is 5.91 Å². The van der Waals surface area contributed by atoms with E-state index >= 15 is 0 Å². The quantitative estimate of drug-likeness (QED) is 0.866. The summed E-state index contributed by atoms with van der Waals surface area (Å²) in [6.07, 6.45) is 9.54. The molecule has 1 amide bonds. The van der Waals surface area contributed by atoms with Gasteiger partial charge in [0, 0.05) is 43.4 Å². The van der Waals surface area contributed by atoms with Crippen molar-refractivity contribution in [1.82, 2.24) is 24.6 Å². The molecule has 3 heterocycles. The van der Waals surface area contributed by atoms with Gasteiger partial charge in [-0.3, -0.25) is 9.78 Å². The zero-order valence-corrected chi connectivity index (χ0v) is 14.1. The van der Waals surface area contributed by atoms with Gasteiger partial charge < -0.3 is 9.47 Å². The first-order valence-corrected chi connectivity index (χ1v) is 8.81. The maximum Gasteiger partial charge on any atom is 0.255 e. The van der Waals surface area contributed by atoms with Crippen LogP contribution in [0.1, 0.15) is 53.6 Å². The van der Waals surface area contributed by atoms with Gasteiger partial charge in [0.1, 0.15) is 12.2 Å². The number of nitrogens with zero attached hydrogens (tertiary/aromatic N) is 5. The van der Waals surface area contributed by atoms with Crippen LogP contribution >= 0.6 is 0 Å². The highest BCUT2D eigenvalue weighted by atomic mass is 16.2. The Hall–Kier alpha value is -2.24. The van der Waals surface area contributed by atoms with Crippen molar-refractivity contribution >= 4 is 5.91 Å². The smallest absolute Gasteiger partial charge is 0.255 e. The molecule has 2 aliphatic rings. The third-order valence-electron chi connectivity index (χ3n) is 5.24. The second-order valence-electron chi connectivity index (χ2n) is 7.06. The van der Waals surface area contributed by atoms with Crippen LogP contribution in [-0.4, -0.2) is 43.6 Å². The molecule has 0 spiro atoms. The van der Waals surface area contributed by atoms with Crippen molar-refractivity contribution in [2.45, 2.75) is 45.1 Å². The minimum atomic E-state index is 0.0796. The molecule has 6 nitrogen and oxygen atoms in total. The molecule has 0 N–H and O–H groups in total. The average molecular weight is 325 g/mol. The van der Waals surface area contributed by atoms with Gasteiger partial charge in [-0.2, -0.15) is 0 Å². The number of pyridine rings is 1. The Morgan fingerprint density at radius 2 is 2.04 bits per heavy atom. The van der Waals surface area contributed by atoms with Crippen molar-refractivity contribution in [2.24, 2.45) is 5.92 Å². The number of rotatable bonds is 4. The summed E-state index contributed by atoms with van der Waals surface area (Å²) in [5.41, 5.74) is 1.60. The van der Waals surface area contributed by atoms with E-state index in [9.17, 15) is 4.79 Å². The van der Waals surface area contributed by atoms with Crippen LogP contribution in [0.2, 0.25) is 0 Å². The molecule has 2 fully saturated rings. The Morgan fingerprint density at radius 1 is 1.25 bits per heavy atom. The number of amides is 1. The highest BCUT2D eigenvalue weighted by Gasteiger charge is 2.33. The van der Waals surface area contributed by atoms with E-state index in [0.29, 0.717) is 17.5 Å². The van der Waals surface area contributed by atoms with E-state index in [1.165, 1.54) is 25.7 Å². The fraction of sp³-hybridized carbons (Fsp3) is 0.556. The molecule has 1 aliphatic heterocycles. The molecule has 0 radical (unpaired) electrons. The number of hydrogen-bond acceptors (Lipinski definition) is 4. The molecule has 1 saturated carbocycles. The van der Waals surface area contributed by atoms with Crippen molar-refractivity contribution in [1.29, 1.82) is 0 Å². The van der Waals surface area contributed by atoms with E-state index in [4.69, 9.17) is 0 Å². The van der Waals surface area contributed by atoms with Gasteiger partial charge >= 0.3 is 0 Å². The van der Waals surface area contributed by atoms with Crippen molar-refractivity contribution < 1.29 is 4.79 Å². The number of carbonyl (C=O) groups is 1. The maximum absolute atomic E-state index is 12.4. The molecule has 0 unspecified atom stereocenters. The third-order valence-corrected chi connectivity index (χ3v) is 5.24. The first kappa shape index (κ1) is 15.3. The zero-order valence-electron chi connectivity index (χ0n) is 14.1. The molecule has 6 heteroatoms. The molecular weight excluding hydrogens is 302 g/mol. The SMILES string of the molecule is Cc1ccc(C(=O)N2CC(Cc3nncn3C3CCCC3)C2)cn1. The summed E-state index contributed by atoms with van der Waals surface area (Å²) >= 11 is 0. The van der Waals surface area contributed by atoms with Crippen molar-refractivity contribution in [3.8, 4) is 0 Å². The molecule has 0 atom stereocenters. The van der Waals surface area contributed by atoms with E-state index in [1.807, 2.05) is 30.3 Å². The van der Waals surface area contributed by atoms with Crippen LogP contribution in [-0.2, 0) is 6.42 Å². The Bertz CT molecular complexity index is 711. The molecular formula is C18H23N5O. The largest absolute Gasteiger partial charge is 0.338 e. The Balaban J connectivity index is 1.34. The lowest BCUT2D eigenvalue weighted by Crippen LogP contribution is -2.51. The molecule has 24 heavy (non-hydrogen) atoms. The van der Waals surface area contributed by atoms with Gasteiger partial charge in [0.15, 0.2) is 0 Å². The Kier molecular flexibility index (Phi) is 4.04. The topological polar surface area (TPSA) is 63.9 Å². The highest BCUT2D eigenvalue weighted by Crippen LogP contribution is 2.31. The van der Waals surface area contributed by atoms with Gasteiger partial charge in [-0.25, -0.2) is 0 Å². The zero-order chi connectivity index (χ0) is 16.5. The van der Waals surface area contributed by atoms with Crippen molar-refractivity contribution in [3.05, 3.63) is 41.7 Å². The molecule has 1 saturated heterocycles. The second kappa shape index (κ2) is 6.34. The van der Waals surface area contributed by atoms with E-state index in [1.54, 1.807) is 6.20 Å². The van der Waals surface area contributed by atoms with E-state index < -0.39 is 0 Å². The summed E-state index contributed by atoms with van der Waals surface area (Å²) < 4.78 is 2.27. The molecule has 0 aromatic carbocycles. The van der Waals surface area contributed by atoms with Crippen LogP contribution in [0.3, 0.4) is 0 Å². The lowest BCUT2D eigenvalue weighted by atomic mass is 9.95. The van der Waals surface area contributed by atoms with Crippen LogP contribution in [0.25, 0.3) is 0 Å². The van der Waals surface area contributed by atoms with Crippen LogP contribution in [0.15, 0.2) is 24.7 Å². The number of aromatic nitrogens is 4. The van der Waals surface area contributed by atoms with Crippen LogP contribution in [0.4, 0.5) is 0 Å². The summed E-state index contributed by atoms with van der Waals surface area (Å²) in [6.45, 7) is 3.52. The molecule has 0 bridgehead atoms. The number of aryl methyl sites for hydroxylation is 1. The summed E-state index contributed by atoms with van der Waals surface area (Å²) in [5.74, 6) is 1.64. The monoisotopic (exact) mass is 325 g/mol. The minimum absolute atomic E-state index is 0.0796. The molecule has 4 rings (SSSR count). The highest BCUT2D eigenvalue weighted by molar-refractivity contribution is 5.94. The molecule has 2 aromatic rings. The summed E-state index contributed by atoms with van der Waals surface area (Å²) in [7, 11) is 0. The molecule has 2 aromatic heterocycles. The normalized spacial score (nSPS) is 18.8. The predicted octanol–water partition coefficient (Wildman–Crippen LogP) is 2.41. The van der Waals surface area contributed by atoms with Gasteiger partial charge in [-0.1, -0.05) is 12.8 Å². The van der Waals surface area contributed by atoms with Gasteiger partial charge in [-0.15, -0.1) is 10.2 Å². The summed E-state index contributed by atoms with van der Waals surface area (Å²) in [5, 5.41) is 8.43.